The molecule has 2 atom stereocenters. The number of rotatable bonds is 9. The largest absolute Gasteiger partial charge is 0.304 e. The molecule has 0 heterocycles. The summed E-state index contributed by atoms with van der Waals surface area (Å²) >= 11 is 0. The summed E-state index contributed by atoms with van der Waals surface area (Å²) < 4.78 is 0. The van der Waals surface area contributed by atoms with E-state index >= 15 is 0 Å². The highest BCUT2D eigenvalue weighted by Gasteiger charge is 2.25. The Morgan fingerprint density at radius 2 is 0.778 bits per heavy atom. The van der Waals surface area contributed by atoms with Crippen molar-refractivity contribution in [2.24, 2.45) is 0 Å². The van der Waals surface area contributed by atoms with Crippen LogP contribution in [0.25, 0.3) is 0 Å². The number of aryl methyl sites for hydroxylation is 6. The molecule has 4 rings (SSSR count). The summed E-state index contributed by atoms with van der Waals surface area (Å²) in [5.74, 6) is 0. The zero-order chi connectivity index (χ0) is 25.7. The lowest BCUT2D eigenvalue weighted by Gasteiger charge is -2.31. The van der Waals surface area contributed by atoms with E-state index in [2.05, 4.69) is 137 Å². The first-order valence-electron chi connectivity index (χ1n) is 13.0. The fourth-order valence-electron chi connectivity index (χ4n) is 5.58. The maximum Gasteiger partial charge on any atom is 0.0521 e. The monoisotopic (exact) mass is 476 g/mol. The lowest BCUT2D eigenvalue weighted by Crippen LogP contribution is -2.35. The molecule has 4 aromatic rings. The van der Waals surface area contributed by atoms with E-state index in [-0.39, 0.29) is 12.1 Å². The molecule has 0 spiro atoms. The molecule has 0 fully saturated rings. The molecule has 2 N–H and O–H groups in total. The van der Waals surface area contributed by atoms with Gasteiger partial charge in [-0.25, -0.2) is 0 Å². The van der Waals surface area contributed by atoms with E-state index in [1.54, 1.807) is 0 Å². The van der Waals surface area contributed by atoms with Gasteiger partial charge >= 0.3 is 0 Å². The van der Waals surface area contributed by atoms with Gasteiger partial charge < -0.3 is 10.6 Å². The van der Waals surface area contributed by atoms with E-state index in [9.17, 15) is 0 Å². The lowest BCUT2D eigenvalue weighted by molar-refractivity contribution is 0.380. The SMILES string of the molecule is Cc1cc(C)c(CN[C@@H](c2ccccc2)[C@@H](NCc2c(C)cc(C)cc2C)c2ccccc2)c(C)c1. The quantitative estimate of drug-likeness (QED) is 0.256. The summed E-state index contributed by atoms with van der Waals surface area (Å²) in [4.78, 5) is 0. The second kappa shape index (κ2) is 11.7. The maximum atomic E-state index is 3.96. The summed E-state index contributed by atoms with van der Waals surface area (Å²) in [5.41, 5.74) is 13.4. The molecule has 0 saturated carbocycles. The van der Waals surface area contributed by atoms with Crippen LogP contribution in [0.1, 0.15) is 67.7 Å². The molecule has 186 valence electrons. The van der Waals surface area contributed by atoms with Gasteiger partial charge in [-0.15, -0.1) is 0 Å². The minimum atomic E-state index is 0.111. The number of benzene rings is 4. The van der Waals surface area contributed by atoms with E-state index in [1.165, 1.54) is 55.6 Å². The number of hydrogen-bond donors (Lipinski definition) is 2. The molecule has 0 aromatic heterocycles. The van der Waals surface area contributed by atoms with Crippen LogP contribution in [0.2, 0.25) is 0 Å². The fraction of sp³-hybridized carbons (Fsp3) is 0.294. The van der Waals surface area contributed by atoms with Crippen molar-refractivity contribution in [3.8, 4) is 0 Å². The van der Waals surface area contributed by atoms with E-state index in [0.29, 0.717) is 0 Å². The highest BCUT2D eigenvalue weighted by molar-refractivity contribution is 5.39. The molecule has 0 amide bonds. The first-order valence-corrected chi connectivity index (χ1v) is 13.0. The van der Waals surface area contributed by atoms with Crippen LogP contribution >= 0.6 is 0 Å². The van der Waals surface area contributed by atoms with Gasteiger partial charge in [0, 0.05) is 13.1 Å². The van der Waals surface area contributed by atoms with Gasteiger partial charge in [0.25, 0.3) is 0 Å². The number of nitrogens with one attached hydrogen (secondary N) is 2. The van der Waals surface area contributed by atoms with Crippen molar-refractivity contribution in [1.82, 2.24) is 10.6 Å². The van der Waals surface area contributed by atoms with Crippen LogP contribution in [0.15, 0.2) is 84.9 Å². The third-order valence-electron chi connectivity index (χ3n) is 7.33. The first-order chi connectivity index (χ1) is 17.3. The average Bonchev–Trinajstić information content (AvgIpc) is 2.84. The zero-order valence-corrected chi connectivity index (χ0v) is 22.7. The van der Waals surface area contributed by atoms with Gasteiger partial charge in [-0.05, 0) is 86.1 Å². The predicted octanol–water partition coefficient (Wildman–Crippen LogP) is 7.90. The Bertz CT molecular complexity index is 1140. The summed E-state index contributed by atoms with van der Waals surface area (Å²) in [6.45, 7) is 14.9. The molecule has 2 nitrogen and oxygen atoms in total. The van der Waals surface area contributed by atoms with Crippen molar-refractivity contribution < 1.29 is 0 Å². The molecule has 0 bridgehead atoms. The zero-order valence-electron chi connectivity index (χ0n) is 22.7. The molecule has 0 saturated heterocycles. The van der Waals surface area contributed by atoms with Gasteiger partial charge in [0.1, 0.15) is 0 Å². The fourth-order valence-corrected chi connectivity index (χ4v) is 5.58. The molecular weight excluding hydrogens is 436 g/mol. The minimum absolute atomic E-state index is 0.111. The third-order valence-corrected chi connectivity index (χ3v) is 7.33. The van der Waals surface area contributed by atoms with Gasteiger partial charge in [-0.3, -0.25) is 0 Å². The predicted molar refractivity (Wildman–Crippen MR) is 153 cm³/mol. The molecule has 0 aliphatic carbocycles. The summed E-state index contributed by atoms with van der Waals surface area (Å²) in [7, 11) is 0. The lowest BCUT2D eigenvalue weighted by atomic mass is 9.91. The van der Waals surface area contributed by atoms with Crippen LogP contribution in [0, 0.1) is 41.5 Å². The van der Waals surface area contributed by atoms with Crippen molar-refractivity contribution in [3.63, 3.8) is 0 Å². The van der Waals surface area contributed by atoms with Crippen molar-refractivity contribution >= 4 is 0 Å². The highest BCUT2D eigenvalue weighted by Crippen LogP contribution is 2.31. The summed E-state index contributed by atoms with van der Waals surface area (Å²) in [6.07, 6.45) is 0. The van der Waals surface area contributed by atoms with Crippen LogP contribution < -0.4 is 10.6 Å². The van der Waals surface area contributed by atoms with Crippen molar-refractivity contribution in [3.05, 3.63) is 141 Å². The molecular formula is C34H40N2. The molecule has 36 heavy (non-hydrogen) atoms. The van der Waals surface area contributed by atoms with Crippen molar-refractivity contribution in [2.75, 3.05) is 0 Å². The third kappa shape index (κ3) is 6.13. The molecule has 2 heteroatoms. The molecule has 0 unspecified atom stereocenters. The topological polar surface area (TPSA) is 24.1 Å². The Labute approximate surface area is 217 Å². The molecule has 0 radical (unpaired) electrons. The second-order valence-corrected chi connectivity index (χ2v) is 10.3. The normalized spacial score (nSPS) is 12.9. The van der Waals surface area contributed by atoms with Crippen LogP contribution in [0.5, 0.6) is 0 Å². The molecule has 0 aliphatic rings. The van der Waals surface area contributed by atoms with E-state index < -0.39 is 0 Å². The van der Waals surface area contributed by atoms with Crippen LogP contribution in [0.4, 0.5) is 0 Å². The van der Waals surface area contributed by atoms with Gasteiger partial charge in [0.15, 0.2) is 0 Å². The summed E-state index contributed by atoms with van der Waals surface area (Å²) in [6, 6.07) is 31.1. The van der Waals surface area contributed by atoms with Crippen molar-refractivity contribution in [2.45, 2.75) is 66.7 Å². The Balaban J connectivity index is 1.70. The van der Waals surface area contributed by atoms with Gasteiger partial charge in [0.2, 0.25) is 0 Å². The Hall–Kier alpha value is -3.20. The Kier molecular flexibility index (Phi) is 8.40. The van der Waals surface area contributed by atoms with Crippen LogP contribution in [0.3, 0.4) is 0 Å². The Morgan fingerprint density at radius 3 is 1.08 bits per heavy atom. The van der Waals surface area contributed by atoms with Gasteiger partial charge in [-0.1, -0.05) is 96.1 Å². The van der Waals surface area contributed by atoms with E-state index in [4.69, 9.17) is 0 Å². The molecule has 4 aromatic carbocycles. The van der Waals surface area contributed by atoms with Gasteiger partial charge in [0.05, 0.1) is 12.1 Å². The van der Waals surface area contributed by atoms with Crippen molar-refractivity contribution in [1.29, 1.82) is 0 Å². The number of hydrogen-bond acceptors (Lipinski definition) is 2. The van der Waals surface area contributed by atoms with E-state index in [0.717, 1.165) is 13.1 Å². The van der Waals surface area contributed by atoms with Crippen LogP contribution in [-0.2, 0) is 13.1 Å². The van der Waals surface area contributed by atoms with Crippen LogP contribution in [-0.4, -0.2) is 0 Å². The first kappa shape index (κ1) is 25.9. The highest BCUT2D eigenvalue weighted by atomic mass is 15.0. The molecule has 0 aliphatic heterocycles. The summed E-state index contributed by atoms with van der Waals surface area (Å²) in [5, 5.41) is 7.93. The average molecular weight is 477 g/mol. The van der Waals surface area contributed by atoms with E-state index in [1.807, 2.05) is 0 Å². The van der Waals surface area contributed by atoms with Gasteiger partial charge in [-0.2, -0.15) is 0 Å². The smallest absolute Gasteiger partial charge is 0.0521 e. The second-order valence-electron chi connectivity index (χ2n) is 10.3. The maximum absolute atomic E-state index is 3.96. The Morgan fingerprint density at radius 1 is 0.472 bits per heavy atom. The standard InChI is InChI=1S/C34H40N2/c1-23-17-25(3)31(26(4)18-23)21-35-33(29-13-9-7-10-14-29)34(30-15-11-8-12-16-30)36-22-32-27(5)19-24(2)20-28(32)6/h7-20,33-36H,21-22H2,1-6H3/t33-,34-/m0/s1. The minimum Gasteiger partial charge on any atom is -0.304 e.